The molecular weight excluding hydrogens is 392 g/mol. The van der Waals surface area contributed by atoms with E-state index in [1.54, 1.807) is 5.57 Å². The summed E-state index contributed by atoms with van der Waals surface area (Å²) in [6.45, 7) is 5.27. The van der Waals surface area contributed by atoms with Crippen molar-refractivity contribution in [3.63, 3.8) is 0 Å². The fourth-order valence-electron chi connectivity index (χ4n) is 6.48. The van der Waals surface area contributed by atoms with Crippen molar-refractivity contribution in [1.29, 1.82) is 0 Å². The highest BCUT2D eigenvalue weighted by Gasteiger charge is 2.47. The Morgan fingerprint density at radius 3 is 2.90 bits per heavy atom. The Bertz CT molecular complexity index is 978. The first kappa shape index (κ1) is 18.8. The van der Waals surface area contributed by atoms with Crippen molar-refractivity contribution in [3.05, 3.63) is 46.7 Å². The molecule has 3 aliphatic heterocycles. The summed E-state index contributed by atoms with van der Waals surface area (Å²) in [5.41, 5.74) is 2.41. The standard InChI is InChI=1S/C24H30N4OS/c1-16-22(30-24(25-16)26-9-4-5-10-26)23(29)28-12-6-7-17-13-18-14-19(21(17)28)15-27-11-3-2-8-20(18)27/h4-5,9-10,13,18-21H,2-3,6-8,11-12,14-15H2,1H3/t18-,19-,20-,21-/m0/s1. The van der Waals surface area contributed by atoms with Gasteiger partial charge in [0.05, 0.1) is 11.7 Å². The van der Waals surface area contributed by atoms with Crippen LogP contribution < -0.4 is 0 Å². The molecule has 5 nitrogen and oxygen atoms in total. The Hall–Kier alpha value is -1.92. The van der Waals surface area contributed by atoms with E-state index in [1.807, 2.05) is 36.0 Å². The van der Waals surface area contributed by atoms with Crippen molar-refractivity contribution >= 4 is 17.2 Å². The van der Waals surface area contributed by atoms with E-state index in [1.165, 1.54) is 56.5 Å². The number of aromatic nitrogens is 2. The first-order valence-electron chi connectivity index (χ1n) is 11.6. The number of piperidine rings is 3. The fourth-order valence-corrected chi connectivity index (χ4v) is 7.47. The molecule has 2 aromatic heterocycles. The average Bonchev–Trinajstić information content (AvgIpc) is 3.43. The number of nitrogens with zero attached hydrogens (tertiary/aromatic N) is 4. The minimum Gasteiger partial charge on any atom is -0.331 e. The van der Waals surface area contributed by atoms with Crippen LogP contribution in [-0.2, 0) is 0 Å². The molecule has 1 amide bonds. The Balaban J connectivity index is 1.31. The molecule has 3 saturated heterocycles. The molecule has 158 valence electrons. The smallest absolute Gasteiger partial charge is 0.266 e. The van der Waals surface area contributed by atoms with Crippen LogP contribution in [-0.4, -0.2) is 57.0 Å². The third-order valence-electron chi connectivity index (χ3n) is 7.72. The van der Waals surface area contributed by atoms with Gasteiger partial charge in [0.2, 0.25) is 0 Å². The molecule has 0 spiro atoms. The summed E-state index contributed by atoms with van der Waals surface area (Å²) in [5, 5.41) is 0.881. The molecular formula is C24H30N4OS. The summed E-state index contributed by atoms with van der Waals surface area (Å²) in [4.78, 5) is 24.2. The molecule has 0 aromatic carbocycles. The van der Waals surface area contributed by atoms with E-state index in [0.29, 0.717) is 17.9 Å². The van der Waals surface area contributed by atoms with Crippen molar-refractivity contribution < 1.29 is 4.79 Å². The topological polar surface area (TPSA) is 41.4 Å². The maximum atomic E-state index is 13.7. The maximum absolute atomic E-state index is 13.7. The second-order valence-electron chi connectivity index (χ2n) is 9.51. The average molecular weight is 423 g/mol. The lowest BCUT2D eigenvalue weighted by atomic mass is 9.68. The molecule has 4 atom stereocenters. The second-order valence-corrected chi connectivity index (χ2v) is 10.5. The quantitative estimate of drug-likeness (QED) is 0.679. The van der Waals surface area contributed by atoms with Crippen LogP contribution in [0.2, 0.25) is 0 Å². The Morgan fingerprint density at radius 1 is 1.17 bits per heavy atom. The van der Waals surface area contributed by atoms with Crippen LogP contribution in [0.3, 0.4) is 0 Å². The fraction of sp³-hybridized carbons (Fsp3) is 0.583. The van der Waals surface area contributed by atoms with Gasteiger partial charge in [0, 0.05) is 31.5 Å². The largest absolute Gasteiger partial charge is 0.331 e. The van der Waals surface area contributed by atoms with Crippen molar-refractivity contribution in [1.82, 2.24) is 19.4 Å². The summed E-state index contributed by atoms with van der Waals surface area (Å²) < 4.78 is 2.00. The van der Waals surface area contributed by atoms with Crippen LogP contribution in [0.5, 0.6) is 0 Å². The normalized spacial score (nSPS) is 31.1. The number of hydrogen-bond donors (Lipinski definition) is 0. The lowest BCUT2D eigenvalue weighted by Gasteiger charge is -2.54. The van der Waals surface area contributed by atoms with E-state index in [9.17, 15) is 4.79 Å². The number of fused-ring (bicyclic) bond motifs is 6. The highest BCUT2D eigenvalue weighted by molar-refractivity contribution is 7.16. The lowest BCUT2D eigenvalue weighted by Crippen LogP contribution is -2.60. The first-order chi connectivity index (χ1) is 14.7. The zero-order valence-electron chi connectivity index (χ0n) is 17.7. The minimum atomic E-state index is 0.193. The van der Waals surface area contributed by atoms with Crippen LogP contribution in [0.15, 0.2) is 36.2 Å². The van der Waals surface area contributed by atoms with Crippen LogP contribution in [0.25, 0.3) is 5.13 Å². The summed E-state index contributed by atoms with van der Waals surface area (Å²) in [6, 6.07) is 5.04. The van der Waals surface area contributed by atoms with Crippen molar-refractivity contribution in [2.75, 3.05) is 19.6 Å². The van der Waals surface area contributed by atoms with Gasteiger partial charge >= 0.3 is 0 Å². The predicted octanol–water partition coefficient (Wildman–Crippen LogP) is 4.28. The van der Waals surface area contributed by atoms with Crippen molar-refractivity contribution in [2.24, 2.45) is 11.8 Å². The molecule has 30 heavy (non-hydrogen) atoms. The van der Waals surface area contributed by atoms with Gasteiger partial charge in [-0.1, -0.05) is 29.4 Å². The Kier molecular flexibility index (Phi) is 4.61. The van der Waals surface area contributed by atoms with E-state index in [0.717, 1.165) is 34.7 Å². The Labute approximate surface area is 182 Å². The van der Waals surface area contributed by atoms with Gasteiger partial charge in [0.25, 0.3) is 5.91 Å². The predicted molar refractivity (Wildman–Crippen MR) is 119 cm³/mol. The van der Waals surface area contributed by atoms with E-state index >= 15 is 0 Å². The van der Waals surface area contributed by atoms with Gasteiger partial charge < -0.3 is 9.47 Å². The first-order valence-corrected chi connectivity index (χ1v) is 12.4. The van der Waals surface area contributed by atoms with Crippen LogP contribution in [0, 0.1) is 18.8 Å². The van der Waals surface area contributed by atoms with Gasteiger partial charge in [-0.05, 0) is 69.5 Å². The third-order valence-corrected chi connectivity index (χ3v) is 8.88. The van der Waals surface area contributed by atoms with Crippen LogP contribution in [0.1, 0.15) is 53.9 Å². The second kappa shape index (κ2) is 7.34. The molecule has 1 aliphatic carbocycles. The molecule has 0 unspecified atom stereocenters. The molecule has 2 aromatic rings. The van der Waals surface area contributed by atoms with E-state index in [4.69, 9.17) is 4.98 Å². The molecule has 0 radical (unpaired) electrons. The molecule has 3 fully saturated rings. The third kappa shape index (κ3) is 2.99. The van der Waals surface area contributed by atoms with Crippen LogP contribution >= 0.6 is 11.3 Å². The van der Waals surface area contributed by atoms with E-state index in [2.05, 4.69) is 15.9 Å². The molecule has 5 heterocycles. The number of aryl methyl sites for hydroxylation is 1. The minimum absolute atomic E-state index is 0.193. The summed E-state index contributed by atoms with van der Waals surface area (Å²) in [7, 11) is 0. The highest BCUT2D eigenvalue weighted by Crippen LogP contribution is 2.45. The van der Waals surface area contributed by atoms with Gasteiger partial charge in [-0.15, -0.1) is 0 Å². The Morgan fingerprint density at radius 2 is 2.03 bits per heavy atom. The van der Waals surface area contributed by atoms with Gasteiger partial charge in [0.15, 0.2) is 5.13 Å². The maximum Gasteiger partial charge on any atom is 0.266 e. The number of thiazole rings is 1. The molecule has 6 rings (SSSR count). The van der Waals surface area contributed by atoms with Crippen molar-refractivity contribution in [3.8, 4) is 5.13 Å². The van der Waals surface area contributed by atoms with Gasteiger partial charge in [-0.25, -0.2) is 4.98 Å². The molecule has 6 heteroatoms. The monoisotopic (exact) mass is 422 g/mol. The van der Waals surface area contributed by atoms with E-state index < -0.39 is 0 Å². The SMILES string of the molecule is Cc1nc(-n2cccc2)sc1C(=O)N1CCCC2=C[C@H]3C[C@@H](CN4CCCC[C@@H]34)[C@H]21. The summed E-state index contributed by atoms with van der Waals surface area (Å²) in [5.74, 6) is 1.49. The molecule has 0 N–H and O–H groups in total. The number of carbonyl (C=O) groups excluding carboxylic acids is 1. The number of rotatable bonds is 2. The number of hydrogen-bond acceptors (Lipinski definition) is 4. The summed E-state index contributed by atoms with van der Waals surface area (Å²) >= 11 is 1.53. The van der Waals surface area contributed by atoms with E-state index in [-0.39, 0.29) is 5.91 Å². The van der Waals surface area contributed by atoms with Gasteiger partial charge in [-0.2, -0.15) is 0 Å². The zero-order valence-corrected chi connectivity index (χ0v) is 18.5. The summed E-state index contributed by atoms with van der Waals surface area (Å²) in [6.07, 6.45) is 14.2. The van der Waals surface area contributed by atoms with Crippen molar-refractivity contribution in [2.45, 2.75) is 57.5 Å². The van der Waals surface area contributed by atoms with Crippen LogP contribution in [0.4, 0.5) is 0 Å². The highest BCUT2D eigenvalue weighted by atomic mass is 32.1. The number of amides is 1. The zero-order chi connectivity index (χ0) is 20.2. The molecule has 0 saturated carbocycles. The van der Waals surface area contributed by atoms with Gasteiger partial charge in [0.1, 0.15) is 4.88 Å². The number of carbonyl (C=O) groups is 1. The van der Waals surface area contributed by atoms with Gasteiger partial charge in [-0.3, -0.25) is 9.69 Å². The number of likely N-dealkylation sites (tertiary alicyclic amines) is 1. The lowest BCUT2D eigenvalue weighted by molar-refractivity contribution is 0.00159. The molecule has 2 bridgehead atoms. The molecule has 4 aliphatic rings.